The first-order valence-electron chi connectivity index (χ1n) is 7.41. The molecule has 1 saturated carbocycles. The zero-order valence-electron chi connectivity index (χ0n) is 12.4. The first-order valence-corrected chi connectivity index (χ1v) is 8.29. The first-order chi connectivity index (χ1) is 9.63. The van der Waals surface area contributed by atoms with Gasteiger partial charge in [-0.05, 0) is 31.2 Å². The van der Waals surface area contributed by atoms with E-state index in [-0.39, 0.29) is 6.04 Å². The van der Waals surface area contributed by atoms with Gasteiger partial charge in [0.1, 0.15) is 5.01 Å². The number of benzene rings is 1. The molecule has 0 amide bonds. The van der Waals surface area contributed by atoms with Gasteiger partial charge in [0.15, 0.2) is 0 Å². The maximum Gasteiger partial charge on any atom is 0.114 e. The molecule has 0 saturated heterocycles. The predicted molar refractivity (Wildman–Crippen MR) is 85.4 cm³/mol. The minimum atomic E-state index is 0.250. The molecule has 0 aliphatic heterocycles. The molecule has 0 spiro atoms. The number of hydrogen-bond acceptors (Lipinski definition) is 3. The van der Waals surface area contributed by atoms with Gasteiger partial charge in [-0.25, -0.2) is 4.98 Å². The number of nitrogens with zero attached hydrogens (tertiary/aromatic N) is 1. The molecule has 2 aromatic rings. The fourth-order valence-electron chi connectivity index (χ4n) is 2.34. The lowest BCUT2D eigenvalue weighted by atomic mass is 10.0. The molecule has 1 aromatic carbocycles. The summed E-state index contributed by atoms with van der Waals surface area (Å²) < 4.78 is 0. The molecule has 1 unspecified atom stereocenters. The van der Waals surface area contributed by atoms with Gasteiger partial charge in [-0.2, -0.15) is 0 Å². The molecule has 2 nitrogen and oxygen atoms in total. The van der Waals surface area contributed by atoms with Crippen LogP contribution in [-0.2, 0) is 0 Å². The summed E-state index contributed by atoms with van der Waals surface area (Å²) in [6, 6.07) is 9.70. The molecule has 3 heteroatoms. The van der Waals surface area contributed by atoms with Crippen LogP contribution in [0.4, 0.5) is 0 Å². The Hall–Kier alpha value is -1.19. The molecule has 0 radical (unpaired) electrons. The molecule has 106 valence electrons. The van der Waals surface area contributed by atoms with Crippen molar-refractivity contribution < 1.29 is 0 Å². The minimum absolute atomic E-state index is 0.250. The fourth-order valence-corrected chi connectivity index (χ4v) is 3.41. The van der Waals surface area contributed by atoms with E-state index < -0.39 is 0 Å². The van der Waals surface area contributed by atoms with E-state index in [0.717, 1.165) is 0 Å². The molecular weight excluding hydrogens is 264 g/mol. The number of aryl methyl sites for hydroxylation is 1. The summed E-state index contributed by atoms with van der Waals surface area (Å²) in [6.07, 6.45) is 2.59. The molecular formula is C17H22N2S. The lowest BCUT2D eigenvalue weighted by molar-refractivity contribution is 0.595. The Morgan fingerprint density at radius 2 is 2.10 bits per heavy atom. The third-order valence-corrected chi connectivity index (χ3v) is 4.66. The van der Waals surface area contributed by atoms with Crippen LogP contribution in [0.2, 0.25) is 0 Å². The van der Waals surface area contributed by atoms with Gasteiger partial charge in [0, 0.05) is 11.4 Å². The Bertz CT molecular complexity index is 584. The largest absolute Gasteiger partial charge is 0.301 e. The van der Waals surface area contributed by atoms with Crippen LogP contribution in [0.3, 0.4) is 0 Å². The number of rotatable bonds is 5. The molecule has 20 heavy (non-hydrogen) atoms. The number of aromatic nitrogens is 1. The third kappa shape index (κ3) is 3.10. The van der Waals surface area contributed by atoms with Crippen molar-refractivity contribution in [3.8, 4) is 0 Å². The van der Waals surface area contributed by atoms with Crippen LogP contribution in [0.1, 0.15) is 60.5 Å². The minimum Gasteiger partial charge on any atom is -0.301 e. The van der Waals surface area contributed by atoms with Crippen molar-refractivity contribution in [1.82, 2.24) is 10.3 Å². The van der Waals surface area contributed by atoms with Crippen molar-refractivity contribution in [3.63, 3.8) is 0 Å². The van der Waals surface area contributed by atoms with E-state index in [0.29, 0.717) is 12.0 Å². The molecule has 1 N–H and O–H groups in total. The van der Waals surface area contributed by atoms with Crippen LogP contribution in [0.5, 0.6) is 0 Å². The highest BCUT2D eigenvalue weighted by molar-refractivity contribution is 7.09. The first kappa shape index (κ1) is 13.8. The van der Waals surface area contributed by atoms with E-state index in [1.165, 1.54) is 34.7 Å². The van der Waals surface area contributed by atoms with E-state index in [2.05, 4.69) is 55.7 Å². The maximum atomic E-state index is 4.85. The third-order valence-electron chi connectivity index (χ3n) is 3.73. The molecule has 3 rings (SSSR count). The zero-order valence-corrected chi connectivity index (χ0v) is 13.2. The van der Waals surface area contributed by atoms with Crippen molar-refractivity contribution >= 4 is 11.3 Å². The van der Waals surface area contributed by atoms with Gasteiger partial charge in [0.2, 0.25) is 0 Å². The number of hydrogen-bond donors (Lipinski definition) is 1. The normalized spacial score (nSPS) is 16.6. The van der Waals surface area contributed by atoms with Crippen LogP contribution in [0.15, 0.2) is 29.6 Å². The van der Waals surface area contributed by atoms with Crippen molar-refractivity contribution in [3.05, 3.63) is 51.5 Å². The van der Waals surface area contributed by atoms with Crippen molar-refractivity contribution in [2.24, 2.45) is 0 Å². The van der Waals surface area contributed by atoms with Crippen LogP contribution in [0.25, 0.3) is 0 Å². The second kappa shape index (κ2) is 5.66. The second-order valence-corrected chi connectivity index (χ2v) is 6.94. The fraction of sp³-hybridized carbons (Fsp3) is 0.471. The average molecular weight is 286 g/mol. The Labute approximate surface area is 125 Å². The van der Waals surface area contributed by atoms with Crippen LogP contribution in [-0.4, -0.2) is 11.0 Å². The van der Waals surface area contributed by atoms with E-state index >= 15 is 0 Å². The lowest BCUT2D eigenvalue weighted by Gasteiger charge is -2.17. The summed E-state index contributed by atoms with van der Waals surface area (Å²) in [4.78, 5) is 4.85. The van der Waals surface area contributed by atoms with Gasteiger partial charge in [-0.15, -0.1) is 11.3 Å². The highest BCUT2D eigenvalue weighted by Crippen LogP contribution is 2.31. The van der Waals surface area contributed by atoms with E-state index in [4.69, 9.17) is 4.98 Å². The predicted octanol–water partition coefficient (Wildman–Crippen LogP) is 4.42. The van der Waals surface area contributed by atoms with Gasteiger partial charge in [-0.1, -0.05) is 43.7 Å². The number of thiazole rings is 1. The number of nitrogens with one attached hydrogen (secondary N) is 1. The van der Waals surface area contributed by atoms with Crippen molar-refractivity contribution in [2.45, 2.75) is 51.6 Å². The SMILES string of the molecule is Cc1cccc(C(NC2CC2)c2nc(C(C)C)cs2)c1. The van der Waals surface area contributed by atoms with E-state index in [9.17, 15) is 0 Å². The topological polar surface area (TPSA) is 24.9 Å². The molecule has 1 aromatic heterocycles. The molecule has 1 heterocycles. The second-order valence-electron chi connectivity index (χ2n) is 6.05. The van der Waals surface area contributed by atoms with Gasteiger partial charge >= 0.3 is 0 Å². The molecule has 1 atom stereocenters. The zero-order chi connectivity index (χ0) is 14.1. The summed E-state index contributed by atoms with van der Waals surface area (Å²) in [5, 5.41) is 7.16. The Morgan fingerprint density at radius 1 is 1.30 bits per heavy atom. The molecule has 1 fully saturated rings. The lowest BCUT2D eigenvalue weighted by Crippen LogP contribution is -2.24. The van der Waals surface area contributed by atoms with Crippen LogP contribution >= 0.6 is 11.3 Å². The molecule has 0 bridgehead atoms. The van der Waals surface area contributed by atoms with Crippen LogP contribution < -0.4 is 5.32 Å². The van der Waals surface area contributed by atoms with Gasteiger partial charge in [0.25, 0.3) is 0 Å². The summed E-state index contributed by atoms with van der Waals surface area (Å²) in [6.45, 7) is 6.56. The monoisotopic (exact) mass is 286 g/mol. The van der Waals surface area contributed by atoms with Gasteiger partial charge in [-0.3, -0.25) is 0 Å². The average Bonchev–Trinajstić information content (AvgIpc) is 3.10. The van der Waals surface area contributed by atoms with Gasteiger partial charge < -0.3 is 5.32 Å². The molecule has 1 aliphatic carbocycles. The Morgan fingerprint density at radius 3 is 2.70 bits per heavy atom. The highest BCUT2D eigenvalue weighted by atomic mass is 32.1. The summed E-state index contributed by atoms with van der Waals surface area (Å²) in [5.41, 5.74) is 3.85. The summed E-state index contributed by atoms with van der Waals surface area (Å²) >= 11 is 1.78. The van der Waals surface area contributed by atoms with E-state index in [1.807, 2.05) is 0 Å². The van der Waals surface area contributed by atoms with Crippen LogP contribution in [0, 0.1) is 6.92 Å². The summed E-state index contributed by atoms with van der Waals surface area (Å²) in [7, 11) is 0. The maximum absolute atomic E-state index is 4.85. The van der Waals surface area contributed by atoms with Crippen molar-refractivity contribution in [2.75, 3.05) is 0 Å². The standard InChI is InChI=1S/C17H22N2S/c1-11(2)15-10-20-17(19-15)16(18-14-7-8-14)13-6-4-5-12(3)9-13/h4-6,9-11,14,16,18H,7-8H2,1-3H3. The van der Waals surface area contributed by atoms with Crippen molar-refractivity contribution in [1.29, 1.82) is 0 Å². The smallest absolute Gasteiger partial charge is 0.114 e. The van der Waals surface area contributed by atoms with E-state index in [1.54, 1.807) is 11.3 Å². The molecule has 1 aliphatic rings. The highest BCUT2D eigenvalue weighted by Gasteiger charge is 2.28. The quantitative estimate of drug-likeness (QED) is 0.880. The van der Waals surface area contributed by atoms with Gasteiger partial charge in [0.05, 0.1) is 11.7 Å². The summed E-state index contributed by atoms with van der Waals surface area (Å²) in [5.74, 6) is 0.499. The Balaban J connectivity index is 1.92. The Kier molecular flexibility index (Phi) is 3.90.